The number of amides is 1. The Morgan fingerprint density at radius 2 is 2.32 bits per heavy atom. The third kappa shape index (κ3) is 4.12. The van der Waals surface area contributed by atoms with Crippen LogP contribution in [0.3, 0.4) is 0 Å². The summed E-state index contributed by atoms with van der Waals surface area (Å²) >= 11 is 1.40. The van der Waals surface area contributed by atoms with Gasteiger partial charge in [-0.25, -0.2) is 4.98 Å². The van der Waals surface area contributed by atoms with Gasteiger partial charge in [-0.3, -0.25) is 4.79 Å². The van der Waals surface area contributed by atoms with E-state index in [0.717, 1.165) is 5.69 Å². The number of nitrogens with zero attached hydrogens (tertiary/aromatic N) is 4. The molecule has 134 valence electrons. The quantitative estimate of drug-likeness (QED) is 0.869. The lowest BCUT2D eigenvalue weighted by Gasteiger charge is -2.36. The van der Waals surface area contributed by atoms with Crippen LogP contribution in [0, 0.1) is 0 Å². The van der Waals surface area contributed by atoms with Gasteiger partial charge in [0.15, 0.2) is 0 Å². The number of ether oxygens (including phenoxy) is 2. The molecular weight excluding hydrogens is 342 g/mol. The van der Waals surface area contributed by atoms with Crippen LogP contribution in [-0.4, -0.2) is 58.4 Å². The van der Waals surface area contributed by atoms with Gasteiger partial charge in [-0.05, 0) is 26.0 Å². The molecule has 1 aliphatic heterocycles. The zero-order chi connectivity index (χ0) is 17.9. The molecule has 0 radical (unpaired) electrons. The average molecular weight is 363 g/mol. The number of rotatable bonds is 5. The lowest BCUT2D eigenvalue weighted by molar-refractivity contribution is -0.158. The van der Waals surface area contributed by atoms with E-state index in [-0.39, 0.29) is 12.0 Å². The number of hydrogen-bond acceptors (Lipinski definition) is 8. The van der Waals surface area contributed by atoms with E-state index in [0.29, 0.717) is 30.6 Å². The number of carbonyl (C=O) groups is 1. The van der Waals surface area contributed by atoms with Crippen molar-refractivity contribution in [1.29, 1.82) is 0 Å². The van der Waals surface area contributed by atoms with Gasteiger partial charge >= 0.3 is 0 Å². The van der Waals surface area contributed by atoms with Crippen LogP contribution in [0.5, 0.6) is 0 Å². The first-order chi connectivity index (χ1) is 12.0. The molecule has 1 N–H and O–H groups in total. The van der Waals surface area contributed by atoms with Gasteiger partial charge < -0.3 is 19.7 Å². The smallest absolute Gasteiger partial charge is 0.254 e. The number of methoxy groups -OCH3 is 1. The monoisotopic (exact) mass is 363 g/mol. The summed E-state index contributed by atoms with van der Waals surface area (Å²) in [7, 11) is 1.54. The molecule has 2 aromatic heterocycles. The summed E-state index contributed by atoms with van der Waals surface area (Å²) in [6.45, 7) is 4.99. The van der Waals surface area contributed by atoms with Crippen LogP contribution in [0.2, 0.25) is 0 Å². The van der Waals surface area contributed by atoms with Crippen molar-refractivity contribution in [2.75, 3.05) is 32.1 Å². The molecule has 1 fully saturated rings. The molecule has 1 atom stereocenters. The molecule has 1 aliphatic rings. The Bertz CT molecular complexity index is 722. The van der Waals surface area contributed by atoms with Crippen LogP contribution in [0.1, 0.15) is 25.6 Å². The molecule has 0 saturated carbocycles. The first-order valence-corrected chi connectivity index (χ1v) is 8.84. The molecule has 0 bridgehead atoms. The lowest BCUT2D eigenvalue weighted by atomic mass is 10.1. The predicted octanol–water partition coefficient (Wildman–Crippen LogP) is 2.00. The van der Waals surface area contributed by atoms with Crippen molar-refractivity contribution >= 4 is 28.2 Å². The van der Waals surface area contributed by atoms with E-state index in [1.54, 1.807) is 31.4 Å². The van der Waals surface area contributed by atoms with Crippen molar-refractivity contribution in [2.45, 2.75) is 25.6 Å². The maximum atomic E-state index is 12.6. The van der Waals surface area contributed by atoms with Crippen LogP contribution in [-0.2, 0) is 14.3 Å². The first kappa shape index (κ1) is 17.7. The minimum absolute atomic E-state index is 0.0496. The molecule has 9 heteroatoms. The Kier molecular flexibility index (Phi) is 5.26. The molecule has 0 spiro atoms. The minimum atomic E-state index is -0.851. The molecule has 3 rings (SSSR count). The molecule has 0 aliphatic carbocycles. The topological polar surface area (TPSA) is 89.5 Å². The van der Waals surface area contributed by atoms with E-state index in [1.165, 1.54) is 11.3 Å². The van der Waals surface area contributed by atoms with Gasteiger partial charge in [0.2, 0.25) is 5.13 Å². The fourth-order valence-corrected chi connectivity index (χ4v) is 2.97. The molecule has 25 heavy (non-hydrogen) atoms. The van der Waals surface area contributed by atoms with Gasteiger partial charge in [-0.1, -0.05) is 17.4 Å². The summed E-state index contributed by atoms with van der Waals surface area (Å²) in [5.74, 6) is 0.616. The largest absolute Gasteiger partial charge is 0.369 e. The van der Waals surface area contributed by atoms with Crippen molar-refractivity contribution in [3.63, 3.8) is 0 Å². The van der Waals surface area contributed by atoms with Gasteiger partial charge in [-0.2, -0.15) is 0 Å². The summed E-state index contributed by atoms with van der Waals surface area (Å²) in [5, 5.41) is 11.5. The van der Waals surface area contributed by atoms with Crippen LogP contribution in [0.4, 0.5) is 10.9 Å². The van der Waals surface area contributed by atoms with Gasteiger partial charge in [0, 0.05) is 13.7 Å². The summed E-state index contributed by atoms with van der Waals surface area (Å²) in [5.41, 5.74) is 1.57. The van der Waals surface area contributed by atoms with Gasteiger partial charge in [0.05, 0.1) is 18.8 Å². The summed E-state index contributed by atoms with van der Waals surface area (Å²) in [6, 6.07) is 5.64. The third-order valence-corrected chi connectivity index (χ3v) is 4.68. The second-order valence-electron chi connectivity index (χ2n) is 6.14. The average Bonchev–Trinajstić information content (AvgIpc) is 3.14. The third-order valence-electron chi connectivity index (χ3n) is 4.07. The van der Waals surface area contributed by atoms with E-state index < -0.39 is 5.60 Å². The van der Waals surface area contributed by atoms with Crippen LogP contribution >= 0.6 is 11.3 Å². The second-order valence-corrected chi connectivity index (χ2v) is 6.97. The highest BCUT2D eigenvalue weighted by Gasteiger charge is 2.35. The highest BCUT2D eigenvalue weighted by Crippen LogP contribution is 2.25. The minimum Gasteiger partial charge on any atom is -0.369 e. The Morgan fingerprint density at radius 1 is 1.48 bits per heavy atom. The fraction of sp³-hybridized carbons (Fsp3) is 0.500. The fourth-order valence-electron chi connectivity index (χ4n) is 2.52. The van der Waals surface area contributed by atoms with E-state index >= 15 is 0 Å². The van der Waals surface area contributed by atoms with E-state index in [1.807, 2.05) is 18.2 Å². The molecule has 1 saturated heterocycles. The van der Waals surface area contributed by atoms with E-state index in [9.17, 15) is 4.79 Å². The van der Waals surface area contributed by atoms with Crippen molar-refractivity contribution in [1.82, 2.24) is 20.1 Å². The molecular formula is C16H21N5O3S. The molecule has 1 amide bonds. The standard InChI is InChI=1S/C16H21N5O3S/c1-16(2,23-3)14(22)21-7-8-24-12(9-21)11-5-4-6-13(18-11)19-15-20-17-10-25-15/h4-6,10,12H,7-9H2,1-3H3,(H,18,19,20)/t12-/m1/s1. The van der Waals surface area contributed by atoms with Gasteiger partial charge in [0.25, 0.3) is 5.91 Å². The maximum absolute atomic E-state index is 12.6. The number of morpholine rings is 1. The molecule has 0 unspecified atom stereocenters. The number of carbonyl (C=O) groups excluding carboxylic acids is 1. The van der Waals surface area contributed by atoms with E-state index in [4.69, 9.17) is 9.47 Å². The van der Waals surface area contributed by atoms with Crippen molar-refractivity contribution in [3.8, 4) is 0 Å². The Morgan fingerprint density at radius 3 is 3.04 bits per heavy atom. The van der Waals surface area contributed by atoms with Crippen LogP contribution in [0.15, 0.2) is 23.7 Å². The zero-order valence-corrected chi connectivity index (χ0v) is 15.2. The van der Waals surface area contributed by atoms with Crippen molar-refractivity contribution in [2.24, 2.45) is 0 Å². The van der Waals surface area contributed by atoms with Gasteiger partial charge in [-0.15, -0.1) is 10.2 Å². The number of pyridine rings is 1. The molecule has 3 heterocycles. The molecule has 8 nitrogen and oxygen atoms in total. The summed E-state index contributed by atoms with van der Waals surface area (Å²) < 4.78 is 11.1. The normalized spacial score (nSPS) is 18.2. The number of hydrogen-bond donors (Lipinski definition) is 1. The van der Waals surface area contributed by atoms with Crippen LogP contribution in [0.25, 0.3) is 0 Å². The first-order valence-electron chi connectivity index (χ1n) is 7.96. The van der Waals surface area contributed by atoms with Crippen LogP contribution < -0.4 is 5.32 Å². The number of anilines is 2. The Balaban J connectivity index is 1.72. The molecule has 0 aromatic carbocycles. The van der Waals surface area contributed by atoms with E-state index in [2.05, 4.69) is 20.5 Å². The predicted molar refractivity (Wildman–Crippen MR) is 93.8 cm³/mol. The Hall–Kier alpha value is -2.10. The number of nitrogens with one attached hydrogen (secondary N) is 1. The van der Waals surface area contributed by atoms with Crippen molar-refractivity contribution < 1.29 is 14.3 Å². The SMILES string of the molecule is COC(C)(C)C(=O)N1CCO[C@@H](c2cccc(Nc3nncs3)n2)C1. The summed E-state index contributed by atoms with van der Waals surface area (Å²) in [4.78, 5) is 19.0. The second kappa shape index (κ2) is 7.42. The van der Waals surface area contributed by atoms with Crippen molar-refractivity contribution in [3.05, 3.63) is 29.4 Å². The number of aromatic nitrogens is 3. The highest BCUT2D eigenvalue weighted by atomic mass is 32.1. The Labute approximate surface area is 150 Å². The lowest BCUT2D eigenvalue weighted by Crippen LogP contribution is -2.51. The zero-order valence-electron chi connectivity index (χ0n) is 14.4. The summed E-state index contributed by atoms with van der Waals surface area (Å²) in [6.07, 6.45) is -0.276. The molecule has 2 aromatic rings. The maximum Gasteiger partial charge on any atom is 0.254 e. The van der Waals surface area contributed by atoms with Gasteiger partial charge in [0.1, 0.15) is 23.0 Å². The highest BCUT2D eigenvalue weighted by molar-refractivity contribution is 7.13.